The van der Waals surface area contributed by atoms with Gasteiger partial charge in [0.2, 0.25) is 0 Å². The van der Waals surface area contributed by atoms with Crippen LogP contribution in [0.25, 0.3) is 0 Å². The molecule has 19 heavy (non-hydrogen) atoms. The van der Waals surface area contributed by atoms with Gasteiger partial charge in [-0.05, 0) is 33.0 Å². The summed E-state index contributed by atoms with van der Waals surface area (Å²) in [7, 11) is 1.97. The zero-order chi connectivity index (χ0) is 14.5. The molecule has 0 aromatic rings. The van der Waals surface area contributed by atoms with Crippen LogP contribution in [0.2, 0.25) is 0 Å². The monoisotopic (exact) mass is 269 g/mol. The number of hydrogen-bond acceptors (Lipinski definition) is 4. The average molecular weight is 269 g/mol. The second kappa shape index (κ2) is 12.4. The second-order valence-electron chi connectivity index (χ2n) is 4.57. The smallest absolute Gasteiger partial charge is 0.0601 e. The minimum atomic E-state index is 0.262. The SMILES string of the molecule is C#CCN(CCNC)C1CCN(CCO)CC1.CC. The largest absolute Gasteiger partial charge is 0.395 e. The van der Waals surface area contributed by atoms with Crippen LogP contribution in [0.3, 0.4) is 0 Å². The Morgan fingerprint density at radius 1 is 1.37 bits per heavy atom. The zero-order valence-corrected chi connectivity index (χ0v) is 12.9. The maximum atomic E-state index is 8.91. The standard InChI is InChI=1S/C13H25N3O.C2H6/c1-3-7-16(10-6-14-2)13-4-8-15(9-5-13)11-12-17;1-2/h1,13-14,17H,4-12H2,2H3;1-2H3. The molecule has 1 heterocycles. The molecule has 0 saturated carbocycles. The summed E-state index contributed by atoms with van der Waals surface area (Å²) in [5.41, 5.74) is 0. The van der Waals surface area contributed by atoms with Crippen LogP contribution in [-0.2, 0) is 0 Å². The summed E-state index contributed by atoms with van der Waals surface area (Å²) in [5.74, 6) is 2.75. The van der Waals surface area contributed by atoms with Crippen LogP contribution in [0.4, 0.5) is 0 Å². The van der Waals surface area contributed by atoms with E-state index in [-0.39, 0.29) is 6.61 Å². The highest BCUT2D eigenvalue weighted by Crippen LogP contribution is 2.15. The number of aliphatic hydroxyl groups excluding tert-OH is 1. The van der Waals surface area contributed by atoms with Crippen LogP contribution in [0.15, 0.2) is 0 Å². The summed E-state index contributed by atoms with van der Waals surface area (Å²) in [4.78, 5) is 4.72. The normalized spacial score (nSPS) is 16.8. The van der Waals surface area contributed by atoms with Gasteiger partial charge in [0.05, 0.1) is 13.2 Å². The van der Waals surface area contributed by atoms with Crippen molar-refractivity contribution in [1.82, 2.24) is 15.1 Å². The van der Waals surface area contributed by atoms with Crippen LogP contribution in [0, 0.1) is 12.3 Å². The summed E-state index contributed by atoms with van der Waals surface area (Å²) in [6.45, 7) is 9.96. The highest BCUT2D eigenvalue weighted by Gasteiger charge is 2.23. The summed E-state index contributed by atoms with van der Waals surface area (Å²) in [6, 6.07) is 0.606. The first-order valence-electron chi connectivity index (χ1n) is 7.47. The van der Waals surface area contributed by atoms with Crippen LogP contribution < -0.4 is 5.32 Å². The summed E-state index contributed by atoms with van der Waals surface area (Å²) >= 11 is 0. The molecule has 0 aromatic heterocycles. The van der Waals surface area contributed by atoms with Crippen molar-refractivity contribution in [2.75, 3.05) is 52.9 Å². The third-order valence-corrected chi connectivity index (χ3v) is 3.43. The minimum Gasteiger partial charge on any atom is -0.395 e. The minimum absolute atomic E-state index is 0.262. The molecule has 0 bridgehead atoms. The van der Waals surface area contributed by atoms with Gasteiger partial charge in [0.15, 0.2) is 0 Å². The predicted molar refractivity (Wildman–Crippen MR) is 82.2 cm³/mol. The quantitative estimate of drug-likeness (QED) is 0.665. The molecule has 0 atom stereocenters. The summed E-state index contributed by atoms with van der Waals surface area (Å²) in [6.07, 6.45) is 7.74. The van der Waals surface area contributed by atoms with E-state index >= 15 is 0 Å². The lowest BCUT2D eigenvalue weighted by Gasteiger charge is -2.37. The number of nitrogens with zero attached hydrogens (tertiary/aromatic N) is 2. The highest BCUT2D eigenvalue weighted by atomic mass is 16.3. The van der Waals surface area contributed by atoms with Gasteiger partial charge in [-0.15, -0.1) is 6.42 Å². The Bertz CT molecular complexity index is 232. The number of hydrogen-bond donors (Lipinski definition) is 2. The van der Waals surface area contributed by atoms with Gasteiger partial charge in [0, 0.05) is 25.7 Å². The Morgan fingerprint density at radius 3 is 2.47 bits per heavy atom. The number of likely N-dealkylation sites (tertiary alicyclic amines) is 1. The van der Waals surface area contributed by atoms with Gasteiger partial charge >= 0.3 is 0 Å². The number of aliphatic hydroxyl groups is 1. The van der Waals surface area contributed by atoms with Crippen molar-refractivity contribution in [3.63, 3.8) is 0 Å². The Labute approximate surface area is 119 Å². The van der Waals surface area contributed by atoms with Crippen molar-refractivity contribution in [2.45, 2.75) is 32.7 Å². The van der Waals surface area contributed by atoms with Gasteiger partial charge in [-0.25, -0.2) is 0 Å². The lowest BCUT2D eigenvalue weighted by molar-refractivity contribution is 0.105. The lowest BCUT2D eigenvalue weighted by Crippen LogP contribution is -2.47. The molecule has 1 fully saturated rings. The molecule has 0 radical (unpaired) electrons. The van der Waals surface area contributed by atoms with Crippen LogP contribution in [-0.4, -0.2) is 73.9 Å². The third-order valence-electron chi connectivity index (χ3n) is 3.43. The van der Waals surface area contributed by atoms with Crippen molar-refractivity contribution in [1.29, 1.82) is 0 Å². The topological polar surface area (TPSA) is 38.7 Å². The number of terminal acetylenes is 1. The van der Waals surface area contributed by atoms with E-state index in [9.17, 15) is 0 Å². The molecule has 0 amide bonds. The molecule has 0 aromatic carbocycles. The second-order valence-corrected chi connectivity index (χ2v) is 4.57. The lowest BCUT2D eigenvalue weighted by atomic mass is 10.0. The fourth-order valence-electron chi connectivity index (χ4n) is 2.41. The summed E-state index contributed by atoms with van der Waals surface area (Å²) in [5, 5.41) is 12.1. The molecule has 4 nitrogen and oxygen atoms in total. The van der Waals surface area contributed by atoms with E-state index in [1.807, 2.05) is 20.9 Å². The van der Waals surface area contributed by atoms with Crippen LogP contribution in [0.5, 0.6) is 0 Å². The van der Waals surface area contributed by atoms with Crippen LogP contribution in [0.1, 0.15) is 26.7 Å². The number of piperidine rings is 1. The van der Waals surface area contributed by atoms with E-state index in [2.05, 4.69) is 21.0 Å². The first-order valence-corrected chi connectivity index (χ1v) is 7.47. The average Bonchev–Trinajstić information content (AvgIpc) is 2.47. The number of likely N-dealkylation sites (N-methyl/N-ethyl adjacent to an activating group) is 1. The van der Waals surface area contributed by atoms with Gasteiger partial charge in [0.25, 0.3) is 0 Å². The van der Waals surface area contributed by atoms with Crippen LogP contribution >= 0.6 is 0 Å². The molecular formula is C15H31N3O. The van der Waals surface area contributed by atoms with Gasteiger partial charge in [0.1, 0.15) is 0 Å². The number of rotatable bonds is 7. The van der Waals surface area contributed by atoms with Crippen molar-refractivity contribution in [3.8, 4) is 12.3 Å². The molecule has 1 aliphatic rings. The molecular weight excluding hydrogens is 238 g/mol. The maximum Gasteiger partial charge on any atom is 0.0601 e. The molecule has 0 spiro atoms. The third kappa shape index (κ3) is 7.54. The Balaban J connectivity index is 0.00000154. The van der Waals surface area contributed by atoms with E-state index < -0.39 is 0 Å². The molecule has 4 heteroatoms. The van der Waals surface area contributed by atoms with E-state index in [0.29, 0.717) is 6.04 Å². The van der Waals surface area contributed by atoms with Gasteiger partial charge in [-0.1, -0.05) is 19.8 Å². The zero-order valence-electron chi connectivity index (χ0n) is 12.9. The van der Waals surface area contributed by atoms with Gasteiger partial charge in [-0.3, -0.25) is 4.90 Å². The van der Waals surface area contributed by atoms with E-state index in [1.165, 1.54) is 0 Å². The van der Waals surface area contributed by atoms with Gasteiger partial charge < -0.3 is 15.3 Å². The van der Waals surface area contributed by atoms with E-state index in [0.717, 1.165) is 52.1 Å². The van der Waals surface area contributed by atoms with Gasteiger partial charge in [-0.2, -0.15) is 0 Å². The first-order chi connectivity index (χ1) is 9.31. The molecule has 0 unspecified atom stereocenters. The molecule has 1 rings (SSSR count). The Kier molecular flexibility index (Phi) is 12.0. The van der Waals surface area contributed by atoms with Crippen molar-refractivity contribution < 1.29 is 5.11 Å². The van der Waals surface area contributed by atoms with Crippen molar-refractivity contribution in [3.05, 3.63) is 0 Å². The highest BCUT2D eigenvalue weighted by molar-refractivity contribution is 4.92. The molecule has 112 valence electrons. The molecule has 0 aliphatic carbocycles. The Hall–Kier alpha value is -0.600. The first kappa shape index (κ1) is 18.4. The predicted octanol–water partition coefficient (Wildman–Crippen LogP) is 0.624. The fraction of sp³-hybridized carbons (Fsp3) is 0.867. The van der Waals surface area contributed by atoms with E-state index in [1.54, 1.807) is 0 Å². The number of β-amino-alcohol motifs (C(OH)–C–C–N with tert-alkyl or cyclic N) is 1. The molecule has 1 saturated heterocycles. The fourth-order valence-corrected chi connectivity index (χ4v) is 2.41. The maximum absolute atomic E-state index is 8.91. The summed E-state index contributed by atoms with van der Waals surface area (Å²) < 4.78 is 0. The van der Waals surface area contributed by atoms with Crippen molar-refractivity contribution >= 4 is 0 Å². The molecule has 1 aliphatic heterocycles. The molecule has 2 N–H and O–H groups in total. The number of nitrogens with one attached hydrogen (secondary N) is 1. The Morgan fingerprint density at radius 2 is 2.00 bits per heavy atom. The van der Waals surface area contributed by atoms with Crippen molar-refractivity contribution in [2.24, 2.45) is 0 Å². The van der Waals surface area contributed by atoms with E-state index in [4.69, 9.17) is 11.5 Å².